The molecule has 0 bridgehead atoms. The Morgan fingerprint density at radius 2 is 2.00 bits per heavy atom. The number of benzene rings is 2. The summed E-state index contributed by atoms with van der Waals surface area (Å²) in [5, 5.41) is 10.00. The Kier molecular flexibility index (Phi) is 5.77. The predicted molar refractivity (Wildman–Crippen MR) is 131 cm³/mol. The van der Waals surface area contributed by atoms with E-state index in [1.165, 1.54) is 5.56 Å². The molecule has 0 unspecified atom stereocenters. The van der Waals surface area contributed by atoms with Gasteiger partial charge in [-0.2, -0.15) is 5.26 Å². The Labute approximate surface area is 198 Å². The summed E-state index contributed by atoms with van der Waals surface area (Å²) >= 11 is 1.55. The number of carbonyl (C=O) groups is 1. The molecule has 1 aromatic heterocycles. The molecule has 1 aliphatic heterocycles. The smallest absolute Gasteiger partial charge is 0.186 e. The highest BCUT2D eigenvalue weighted by atomic mass is 32.1. The maximum absolute atomic E-state index is 12.7. The number of anilines is 1. The molecule has 0 radical (unpaired) electrons. The summed E-state index contributed by atoms with van der Waals surface area (Å²) in [6.45, 7) is 6.39. The van der Waals surface area contributed by atoms with Crippen LogP contribution in [-0.4, -0.2) is 36.6 Å². The average molecular weight is 458 g/mol. The lowest BCUT2D eigenvalue weighted by Crippen LogP contribution is -2.46. The van der Waals surface area contributed by atoms with E-state index in [2.05, 4.69) is 49.1 Å². The molecule has 168 valence electrons. The van der Waals surface area contributed by atoms with Crippen molar-refractivity contribution >= 4 is 22.3 Å². The second kappa shape index (κ2) is 8.74. The maximum Gasteiger partial charge on any atom is 0.186 e. The fourth-order valence-corrected chi connectivity index (χ4v) is 5.91. The van der Waals surface area contributed by atoms with Gasteiger partial charge in [0.2, 0.25) is 0 Å². The topological polar surface area (TPSA) is 66.2 Å². The zero-order valence-electron chi connectivity index (χ0n) is 19.0. The lowest BCUT2D eigenvalue weighted by Gasteiger charge is -2.35. The number of Topliss-reactive ketones (excluding diaryl/α,β-unsaturated/α-hetero) is 1. The molecule has 0 N–H and O–H groups in total. The molecule has 2 aromatic carbocycles. The van der Waals surface area contributed by atoms with E-state index < -0.39 is 0 Å². The number of nitrogens with zero attached hydrogens (tertiary/aromatic N) is 3. The molecule has 0 amide bonds. The first kappa shape index (κ1) is 21.8. The normalized spacial score (nSPS) is 19.7. The molecule has 5 rings (SSSR count). The minimum atomic E-state index is -0.0221. The summed E-state index contributed by atoms with van der Waals surface area (Å²) in [6.07, 6.45) is 2.29. The summed E-state index contributed by atoms with van der Waals surface area (Å²) in [4.78, 5) is 20.8. The van der Waals surface area contributed by atoms with Crippen molar-refractivity contribution in [3.05, 3.63) is 70.2 Å². The molecule has 5 nitrogen and oxygen atoms in total. The molecule has 1 atom stereocenters. The highest BCUT2D eigenvalue weighted by Crippen LogP contribution is 2.40. The first-order valence-corrected chi connectivity index (χ1v) is 12.2. The van der Waals surface area contributed by atoms with Crippen molar-refractivity contribution in [2.24, 2.45) is 5.41 Å². The van der Waals surface area contributed by atoms with Gasteiger partial charge in [0.25, 0.3) is 0 Å². The lowest BCUT2D eigenvalue weighted by molar-refractivity contribution is 0.0915. The Balaban J connectivity index is 1.38. The highest BCUT2D eigenvalue weighted by Gasteiger charge is 2.36. The van der Waals surface area contributed by atoms with E-state index in [1.54, 1.807) is 11.3 Å². The van der Waals surface area contributed by atoms with E-state index in [-0.39, 0.29) is 17.2 Å². The summed E-state index contributed by atoms with van der Waals surface area (Å²) in [6, 6.07) is 18.6. The van der Waals surface area contributed by atoms with Crippen LogP contribution in [0.25, 0.3) is 11.1 Å². The van der Waals surface area contributed by atoms with Crippen LogP contribution in [0.4, 0.5) is 5.13 Å². The van der Waals surface area contributed by atoms with Gasteiger partial charge in [-0.1, -0.05) is 61.6 Å². The van der Waals surface area contributed by atoms with Crippen LogP contribution >= 0.6 is 11.3 Å². The number of nitriles is 1. The largest absolute Gasteiger partial charge is 0.377 e. The van der Waals surface area contributed by atoms with Gasteiger partial charge in [0.05, 0.1) is 41.5 Å². The molecular formula is C27H27N3O2S. The average Bonchev–Trinajstić information content (AvgIpc) is 3.23. The van der Waals surface area contributed by atoms with E-state index in [0.717, 1.165) is 46.2 Å². The van der Waals surface area contributed by atoms with Crippen LogP contribution in [0, 0.1) is 16.7 Å². The molecule has 0 spiro atoms. The second-order valence-electron chi connectivity index (χ2n) is 9.73. The molecule has 6 heteroatoms. The number of rotatable bonds is 4. The van der Waals surface area contributed by atoms with E-state index in [4.69, 9.17) is 15.0 Å². The van der Waals surface area contributed by atoms with Gasteiger partial charge in [0, 0.05) is 13.0 Å². The number of morpholine rings is 1. The summed E-state index contributed by atoms with van der Waals surface area (Å²) in [7, 11) is 0. The highest BCUT2D eigenvalue weighted by molar-refractivity contribution is 7.17. The zero-order valence-corrected chi connectivity index (χ0v) is 19.8. The fraction of sp³-hybridized carbons (Fsp3) is 0.370. The molecule has 33 heavy (non-hydrogen) atoms. The van der Waals surface area contributed by atoms with Gasteiger partial charge in [-0.05, 0) is 47.1 Å². The van der Waals surface area contributed by atoms with Crippen molar-refractivity contribution in [2.75, 3.05) is 24.7 Å². The third-order valence-electron chi connectivity index (χ3n) is 6.44. The number of hydrogen-bond acceptors (Lipinski definition) is 6. The molecule has 2 aliphatic rings. The number of ether oxygens (including phenoxy) is 1. The fourth-order valence-electron chi connectivity index (χ4n) is 4.79. The molecule has 1 fully saturated rings. The first-order valence-electron chi connectivity index (χ1n) is 11.4. The minimum absolute atomic E-state index is 0.0221. The van der Waals surface area contributed by atoms with Crippen molar-refractivity contribution in [1.29, 1.82) is 5.26 Å². The number of hydrogen-bond donors (Lipinski definition) is 0. The van der Waals surface area contributed by atoms with Crippen molar-refractivity contribution in [3.8, 4) is 17.2 Å². The van der Waals surface area contributed by atoms with Gasteiger partial charge in [-0.3, -0.25) is 4.79 Å². The van der Waals surface area contributed by atoms with Crippen LogP contribution in [0.3, 0.4) is 0 Å². The van der Waals surface area contributed by atoms with E-state index in [1.807, 2.05) is 24.3 Å². The minimum Gasteiger partial charge on any atom is -0.377 e. The molecule has 3 aromatic rings. The number of carbonyl (C=O) groups excluding carboxylic acids is 1. The van der Waals surface area contributed by atoms with E-state index in [0.29, 0.717) is 25.2 Å². The standard InChI is InChI=1S/C27H27N3O2S/c1-27(2)14-23-25(24(31)15-27)33-26(29-23)30-10-11-32-17-22(30)13-19-4-3-5-21(12-19)20-8-6-18(16-28)7-9-20/h3-9,12,22H,10-11,13-15,17H2,1-2H3/t22-/m0/s1. The lowest BCUT2D eigenvalue weighted by atomic mass is 9.78. The molecule has 2 heterocycles. The number of fused-ring (bicyclic) bond motifs is 1. The van der Waals surface area contributed by atoms with Gasteiger partial charge in [0.15, 0.2) is 10.9 Å². The Morgan fingerprint density at radius 1 is 1.18 bits per heavy atom. The predicted octanol–water partition coefficient (Wildman–Crippen LogP) is 5.28. The Bertz CT molecular complexity index is 1220. The summed E-state index contributed by atoms with van der Waals surface area (Å²) < 4.78 is 5.84. The molecule has 1 saturated heterocycles. The monoisotopic (exact) mass is 457 g/mol. The van der Waals surface area contributed by atoms with Gasteiger partial charge in [-0.25, -0.2) is 4.98 Å². The van der Waals surface area contributed by atoms with Crippen molar-refractivity contribution < 1.29 is 9.53 Å². The number of ketones is 1. The number of thiazole rings is 1. The van der Waals surface area contributed by atoms with Gasteiger partial charge in [0.1, 0.15) is 0 Å². The quantitative estimate of drug-likeness (QED) is 0.533. The molecule has 1 aliphatic carbocycles. The van der Waals surface area contributed by atoms with Crippen molar-refractivity contribution in [2.45, 2.75) is 39.2 Å². The summed E-state index contributed by atoms with van der Waals surface area (Å²) in [5.41, 5.74) is 5.07. The van der Waals surface area contributed by atoms with Crippen LogP contribution in [0.1, 0.15) is 46.8 Å². The second-order valence-corrected chi connectivity index (χ2v) is 10.7. The van der Waals surface area contributed by atoms with Crippen LogP contribution in [0.15, 0.2) is 48.5 Å². The molecular weight excluding hydrogens is 430 g/mol. The summed E-state index contributed by atoms with van der Waals surface area (Å²) in [5.74, 6) is 0.227. The maximum atomic E-state index is 12.7. The van der Waals surface area contributed by atoms with E-state index in [9.17, 15) is 4.79 Å². The third kappa shape index (κ3) is 4.57. The van der Waals surface area contributed by atoms with Crippen molar-refractivity contribution in [3.63, 3.8) is 0 Å². The van der Waals surface area contributed by atoms with Gasteiger partial charge in [-0.15, -0.1) is 0 Å². The zero-order chi connectivity index (χ0) is 23.0. The van der Waals surface area contributed by atoms with Gasteiger partial charge < -0.3 is 9.64 Å². The Morgan fingerprint density at radius 3 is 2.79 bits per heavy atom. The van der Waals surface area contributed by atoms with Crippen LogP contribution in [-0.2, 0) is 17.6 Å². The number of aromatic nitrogens is 1. The van der Waals surface area contributed by atoms with Crippen LogP contribution in [0.2, 0.25) is 0 Å². The van der Waals surface area contributed by atoms with E-state index >= 15 is 0 Å². The van der Waals surface area contributed by atoms with Gasteiger partial charge >= 0.3 is 0 Å². The van der Waals surface area contributed by atoms with Crippen LogP contribution < -0.4 is 4.90 Å². The van der Waals surface area contributed by atoms with Crippen LogP contribution in [0.5, 0.6) is 0 Å². The Hall–Kier alpha value is -3.01. The van der Waals surface area contributed by atoms with Crippen molar-refractivity contribution in [1.82, 2.24) is 4.98 Å². The third-order valence-corrected chi connectivity index (χ3v) is 7.62. The SMILES string of the molecule is CC1(C)CC(=O)c2sc(N3CCOC[C@@H]3Cc3cccc(-c4ccc(C#N)cc4)c3)nc2C1. The first-order chi connectivity index (χ1) is 15.9. The molecule has 0 saturated carbocycles.